The quantitative estimate of drug-likeness (QED) is 0.244. The van der Waals surface area contributed by atoms with Crippen molar-refractivity contribution in [3.05, 3.63) is 101 Å². The van der Waals surface area contributed by atoms with Gasteiger partial charge in [0.2, 0.25) is 0 Å². The highest BCUT2D eigenvalue weighted by Gasteiger charge is 2.25. The molecule has 5 rings (SSSR count). The van der Waals surface area contributed by atoms with Gasteiger partial charge in [0.25, 0.3) is 0 Å². The van der Waals surface area contributed by atoms with Crippen LogP contribution in [0.15, 0.2) is 66.7 Å². The number of ketones is 1. The summed E-state index contributed by atoms with van der Waals surface area (Å²) in [5.74, 6) is -1.12. The molecule has 0 bridgehead atoms. The molecule has 1 aromatic heterocycles. The minimum absolute atomic E-state index is 0.000108. The highest BCUT2D eigenvalue weighted by atomic mass is 19.1. The Hall–Kier alpha value is -3.47. The number of aryl methyl sites for hydroxylation is 1. The van der Waals surface area contributed by atoms with Crippen LogP contribution < -0.4 is 5.32 Å². The van der Waals surface area contributed by atoms with Gasteiger partial charge in [0, 0.05) is 47.4 Å². The van der Waals surface area contributed by atoms with Crippen molar-refractivity contribution in [3.63, 3.8) is 0 Å². The summed E-state index contributed by atoms with van der Waals surface area (Å²) in [6.07, 6.45) is 4.11. The number of carbonyl (C=O) groups is 1. The molecule has 0 unspecified atom stereocenters. The average Bonchev–Trinajstić information content (AvgIpc) is 3.14. The lowest BCUT2D eigenvalue weighted by Crippen LogP contribution is -2.26. The summed E-state index contributed by atoms with van der Waals surface area (Å²) in [5, 5.41) is 4.57. The monoisotopic (exact) mass is 486 g/mol. The first kappa shape index (κ1) is 24.2. The summed E-state index contributed by atoms with van der Waals surface area (Å²) >= 11 is 0. The van der Waals surface area contributed by atoms with E-state index in [4.69, 9.17) is 0 Å². The Balaban J connectivity index is 1.56. The molecule has 0 saturated heterocycles. The maximum absolute atomic E-state index is 13.7. The smallest absolute Gasteiger partial charge is 0.165 e. The van der Waals surface area contributed by atoms with E-state index in [1.807, 2.05) is 18.2 Å². The minimum atomic E-state index is -0.619. The lowest BCUT2D eigenvalue weighted by molar-refractivity contribution is 0.0982. The van der Waals surface area contributed by atoms with Gasteiger partial charge in [0.05, 0.1) is 5.52 Å². The minimum Gasteiger partial charge on any atom is -0.382 e. The number of halogens is 2. The molecule has 3 aromatic carbocycles. The van der Waals surface area contributed by atoms with Crippen molar-refractivity contribution in [2.24, 2.45) is 0 Å². The van der Waals surface area contributed by atoms with Gasteiger partial charge in [-0.05, 0) is 67.0 Å². The van der Waals surface area contributed by atoms with Gasteiger partial charge in [0.15, 0.2) is 5.78 Å². The van der Waals surface area contributed by atoms with E-state index in [1.165, 1.54) is 37.0 Å². The Morgan fingerprint density at radius 2 is 1.69 bits per heavy atom. The zero-order chi connectivity index (χ0) is 25.2. The fourth-order valence-electron chi connectivity index (χ4n) is 5.22. The first-order valence-electron chi connectivity index (χ1n) is 12.8. The summed E-state index contributed by atoms with van der Waals surface area (Å²) in [7, 11) is 0. The molecule has 1 fully saturated rings. The highest BCUT2D eigenvalue weighted by Crippen LogP contribution is 2.35. The molecular weight excluding hydrogens is 454 g/mol. The van der Waals surface area contributed by atoms with E-state index in [0.717, 1.165) is 33.9 Å². The van der Waals surface area contributed by atoms with E-state index in [2.05, 4.69) is 54.1 Å². The van der Waals surface area contributed by atoms with Gasteiger partial charge < -0.3 is 9.88 Å². The Bertz CT molecular complexity index is 1370. The molecule has 0 spiro atoms. The summed E-state index contributed by atoms with van der Waals surface area (Å²) in [6, 6.07) is 20.5. The Labute approximate surface area is 211 Å². The molecule has 186 valence electrons. The van der Waals surface area contributed by atoms with Gasteiger partial charge in [-0.25, -0.2) is 8.78 Å². The third-order valence-corrected chi connectivity index (χ3v) is 7.15. The van der Waals surface area contributed by atoms with Crippen molar-refractivity contribution in [2.45, 2.75) is 64.5 Å². The maximum Gasteiger partial charge on any atom is 0.165 e. The van der Waals surface area contributed by atoms with Crippen LogP contribution in [0.2, 0.25) is 0 Å². The molecule has 1 aliphatic rings. The fourth-order valence-corrected chi connectivity index (χ4v) is 5.22. The van der Waals surface area contributed by atoms with Crippen molar-refractivity contribution in [1.82, 2.24) is 4.57 Å². The molecular formula is C31H32F2N2O. The molecule has 0 atom stereocenters. The molecule has 4 aromatic rings. The summed E-state index contributed by atoms with van der Waals surface area (Å²) in [6.45, 7) is 4.89. The van der Waals surface area contributed by atoms with E-state index < -0.39 is 11.6 Å². The second-order valence-corrected chi connectivity index (χ2v) is 10.2. The molecule has 1 heterocycles. The van der Waals surface area contributed by atoms with Crippen molar-refractivity contribution < 1.29 is 13.6 Å². The van der Waals surface area contributed by atoms with Crippen LogP contribution in [0.1, 0.15) is 72.6 Å². The van der Waals surface area contributed by atoms with Crippen LogP contribution in [-0.4, -0.2) is 16.4 Å². The summed E-state index contributed by atoms with van der Waals surface area (Å²) in [5.41, 5.74) is 5.50. The number of nitrogens with one attached hydrogen (secondary N) is 1. The van der Waals surface area contributed by atoms with Crippen molar-refractivity contribution in [1.29, 1.82) is 0 Å². The molecule has 0 radical (unpaired) electrons. The lowest BCUT2D eigenvalue weighted by Gasteiger charge is -2.27. The summed E-state index contributed by atoms with van der Waals surface area (Å²) in [4.78, 5) is 13.7. The second-order valence-electron chi connectivity index (χ2n) is 10.2. The second kappa shape index (κ2) is 10.3. The van der Waals surface area contributed by atoms with Gasteiger partial charge in [-0.15, -0.1) is 0 Å². The molecule has 36 heavy (non-hydrogen) atoms. The Morgan fingerprint density at radius 1 is 0.972 bits per heavy atom. The first-order valence-corrected chi connectivity index (χ1v) is 12.8. The van der Waals surface area contributed by atoms with Crippen LogP contribution in [0.25, 0.3) is 10.9 Å². The third-order valence-electron chi connectivity index (χ3n) is 7.15. The average molecular weight is 487 g/mol. The van der Waals surface area contributed by atoms with Crippen molar-refractivity contribution in [3.8, 4) is 0 Å². The van der Waals surface area contributed by atoms with Crippen molar-refractivity contribution >= 4 is 22.4 Å². The van der Waals surface area contributed by atoms with E-state index in [0.29, 0.717) is 18.2 Å². The maximum atomic E-state index is 13.7. The number of Topliss-reactive ketones (excluding diaryl/α,β-unsaturated/α-hetero) is 1. The number of rotatable bonds is 9. The normalized spacial score (nSPS) is 13.8. The number of aromatic nitrogens is 1. The summed E-state index contributed by atoms with van der Waals surface area (Å²) < 4.78 is 29.6. The van der Waals surface area contributed by atoms with Crippen LogP contribution in [0.3, 0.4) is 0 Å². The van der Waals surface area contributed by atoms with Gasteiger partial charge in [-0.1, -0.05) is 50.2 Å². The molecule has 0 amide bonds. The highest BCUT2D eigenvalue weighted by molar-refractivity contribution is 6.10. The number of hydrogen-bond acceptors (Lipinski definition) is 2. The molecule has 1 saturated carbocycles. The number of hydrogen-bond donors (Lipinski definition) is 1. The van der Waals surface area contributed by atoms with Gasteiger partial charge in [-0.3, -0.25) is 4.79 Å². The lowest BCUT2D eigenvalue weighted by atomic mass is 9.93. The standard InChI is InChI=1S/C31H32F2N2O/c1-20(2)31-30(29(36)14-11-22-15-23(32)17-24(33)16-22)27-13-12-26(34-25-9-6-10-25)18-28(27)35(31)19-21-7-4-3-5-8-21/h3-5,7-8,12-13,15-18,20,25,34H,6,9-11,14,19H2,1-2H3. The zero-order valence-electron chi connectivity index (χ0n) is 20.9. The molecule has 5 heteroatoms. The molecule has 3 nitrogen and oxygen atoms in total. The fraction of sp³-hybridized carbons (Fsp3) is 0.323. The molecule has 1 aliphatic carbocycles. The number of nitrogens with zero attached hydrogens (tertiary/aromatic N) is 1. The topological polar surface area (TPSA) is 34.0 Å². The Morgan fingerprint density at radius 3 is 2.33 bits per heavy atom. The number of anilines is 1. The van der Waals surface area contributed by atoms with Crippen LogP contribution in [0, 0.1) is 11.6 Å². The predicted octanol–water partition coefficient (Wildman–Crippen LogP) is 7.87. The number of carbonyl (C=O) groups excluding carboxylic acids is 1. The van der Waals surface area contributed by atoms with E-state index in [1.54, 1.807) is 0 Å². The Kier molecular flexibility index (Phi) is 6.90. The third kappa shape index (κ3) is 5.06. The van der Waals surface area contributed by atoms with Gasteiger partial charge in [-0.2, -0.15) is 0 Å². The van der Waals surface area contributed by atoms with Gasteiger partial charge >= 0.3 is 0 Å². The largest absolute Gasteiger partial charge is 0.382 e. The van der Waals surface area contributed by atoms with Crippen LogP contribution >= 0.6 is 0 Å². The van der Waals surface area contributed by atoms with Crippen molar-refractivity contribution in [2.75, 3.05) is 5.32 Å². The predicted molar refractivity (Wildman–Crippen MR) is 142 cm³/mol. The number of benzene rings is 3. The number of fused-ring (bicyclic) bond motifs is 1. The van der Waals surface area contributed by atoms with Gasteiger partial charge in [0.1, 0.15) is 11.6 Å². The molecule has 1 N–H and O–H groups in total. The van der Waals surface area contributed by atoms with E-state index in [-0.39, 0.29) is 24.5 Å². The van der Waals surface area contributed by atoms with Crippen LogP contribution in [0.5, 0.6) is 0 Å². The van der Waals surface area contributed by atoms with E-state index in [9.17, 15) is 13.6 Å². The zero-order valence-corrected chi connectivity index (χ0v) is 20.9. The van der Waals surface area contributed by atoms with Crippen LogP contribution in [-0.2, 0) is 13.0 Å². The van der Waals surface area contributed by atoms with Crippen LogP contribution in [0.4, 0.5) is 14.5 Å². The first-order chi connectivity index (χ1) is 17.4. The van der Waals surface area contributed by atoms with E-state index >= 15 is 0 Å². The SMILES string of the molecule is CC(C)c1c(C(=O)CCc2cc(F)cc(F)c2)c2ccc(NC3CCC3)cc2n1Cc1ccccc1. The molecule has 0 aliphatic heterocycles.